The van der Waals surface area contributed by atoms with Gasteiger partial charge in [0.1, 0.15) is 5.82 Å². The van der Waals surface area contributed by atoms with Gasteiger partial charge >= 0.3 is 6.03 Å². The summed E-state index contributed by atoms with van der Waals surface area (Å²) in [6, 6.07) is 10.4. The lowest BCUT2D eigenvalue weighted by molar-refractivity contribution is 0.174. The maximum Gasteiger partial charge on any atom is 0.319 e. The SMILES string of the molecule is O=C(NCc1nnnn1-c1ccc(F)cc1)Nc1ccc2c(c1)OCO2. The Bertz CT molecular complexity index is 943. The van der Waals surface area contributed by atoms with Crippen molar-refractivity contribution in [3.8, 4) is 17.2 Å². The first-order chi connectivity index (χ1) is 12.7. The number of carbonyl (C=O) groups excluding carboxylic acids is 1. The Morgan fingerprint density at radius 3 is 2.81 bits per heavy atom. The molecule has 1 aliphatic heterocycles. The predicted molar refractivity (Wildman–Crippen MR) is 87.5 cm³/mol. The lowest BCUT2D eigenvalue weighted by Crippen LogP contribution is -2.29. The molecule has 2 aromatic carbocycles. The maximum absolute atomic E-state index is 13.0. The Morgan fingerprint density at radius 1 is 1.15 bits per heavy atom. The van der Waals surface area contributed by atoms with Crippen LogP contribution in [-0.4, -0.2) is 33.0 Å². The van der Waals surface area contributed by atoms with Gasteiger partial charge in [0.05, 0.1) is 12.2 Å². The molecule has 0 unspecified atom stereocenters. The molecule has 9 nitrogen and oxygen atoms in total. The molecular formula is C16H13FN6O3. The van der Waals surface area contributed by atoms with Crippen LogP contribution in [0.4, 0.5) is 14.9 Å². The molecule has 0 bridgehead atoms. The van der Waals surface area contributed by atoms with Crippen LogP contribution >= 0.6 is 0 Å². The van der Waals surface area contributed by atoms with Crippen molar-refractivity contribution in [3.63, 3.8) is 0 Å². The fourth-order valence-corrected chi connectivity index (χ4v) is 2.41. The lowest BCUT2D eigenvalue weighted by Gasteiger charge is -2.08. The van der Waals surface area contributed by atoms with Gasteiger partial charge in [-0.3, -0.25) is 0 Å². The van der Waals surface area contributed by atoms with Crippen LogP contribution in [-0.2, 0) is 6.54 Å². The zero-order valence-electron chi connectivity index (χ0n) is 13.3. The standard InChI is InChI=1S/C16H13FN6O3/c17-10-1-4-12(5-2-10)23-15(20-21-22-23)8-18-16(24)19-11-3-6-13-14(7-11)26-9-25-13/h1-7H,8-9H2,(H2,18,19,24). The molecule has 2 heterocycles. The smallest absolute Gasteiger partial charge is 0.319 e. The van der Waals surface area contributed by atoms with Crippen molar-refractivity contribution in [2.24, 2.45) is 0 Å². The summed E-state index contributed by atoms with van der Waals surface area (Å²) in [5, 5.41) is 16.7. The minimum absolute atomic E-state index is 0.0841. The molecule has 0 saturated heterocycles. The highest BCUT2D eigenvalue weighted by molar-refractivity contribution is 5.89. The first kappa shape index (κ1) is 15.8. The van der Waals surface area contributed by atoms with Gasteiger partial charge in [0.2, 0.25) is 6.79 Å². The quantitative estimate of drug-likeness (QED) is 0.739. The van der Waals surface area contributed by atoms with Crippen LogP contribution in [0.5, 0.6) is 11.5 Å². The van der Waals surface area contributed by atoms with E-state index < -0.39 is 6.03 Å². The molecule has 0 fully saturated rings. The van der Waals surface area contributed by atoms with Crippen molar-refractivity contribution in [2.75, 3.05) is 12.1 Å². The molecular weight excluding hydrogens is 343 g/mol. The molecule has 0 saturated carbocycles. The van der Waals surface area contributed by atoms with Crippen molar-refractivity contribution in [2.45, 2.75) is 6.54 Å². The van der Waals surface area contributed by atoms with Gasteiger partial charge < -0.3 is 20.1 Å². The van der Waals surface area contributed by atoms with Gasteiger partial charge in [0.25, 0.3) is 0 Å². The average Bonchev–Trinajstić information content (AvgIpc) is 3.29. The molecule has 2 amide bonds. The maximum atomic E-state index is 13.0. The van der Waals surface area contributed by atoms with Gasteiger partial charge in [-0.25, -0.2) is 9.18 Å². The summed E-state index contributed by atoms with van der Waals surface area (Å²) in [6.07, 6.45) is 0. The first-order valence-corrected chi connectivity index (χ1v) is 7.67. The number of tetrazole rings is 1. The Labute approximate surface area is 146 Å². The van der Waals surface area contributed by atoms with Crippen LogP contribution in [0.3, 0.4) is 0 Å². The molecule has 10 heteroatoms. The summed E-state index contributed by atoms with van der Waals surface area (Å²) in [5.74, 6) is 1.25. The minimum Gasteiger partial charge on any atom is -0.454 e. The fourth-order valence-electron chi connectivity index (χ4n) is 2.41. The third-order valence-electron chi connectivity index (χ3n) is 3.64. The number of rotatable bonds is 4. The Morgan fingerprint density at radius 2 is 1.96 bits per heavy atom. The number of ether oxygens (including phenoxy) is 2. The number of urea groups is 1. The number of nitrogens with one attached hydrogen (secondary N) is 2. The molecule has 0 aliphatic carbocycles. The van der Waals surface area contributed by atoms with Gasteiger partial charge in [0, 0.05) is 11.8 Å². The Hall–Kier alpha value is -3.69. The molecule has 132 valence electrons. The summed E-state index contributed by atoms with van der Waals surface area (Å²) in [5.41, 5.74) is 1.15. The first-order valence-electron chi connectivity index (χ1n) is 7.67. The zero-order chi connectivity index (χ0) is 17.9. The summed E-state index contributed by atoms with van der Waals surface area (Å²) >= 11 is 0. The number of benzene rings is 2. The summed E-state index contributed by atoms with van der Waals surface area (Å²) in [4.78, 5) is 12.1. The van der Waals surface area contributed by atoms with E-state index in [1.54, 1.807) is 30.3 Å². The number of hydrogen-bond donors (Lipinski definition) is 2. The molecule has 1 aliphatic rings. The second-order valence-corrected chi connectivity index (χ2v) is 5.36. The van der Waals surface area contributed by atoms with Crippen LogP contribution in [0, 0.1) is 5.82 Å². The fraction of sp³-hybridized carbons (Fsp3) is 0.125. The zero-order valence-corrected chi connectivity index (χ0v) is 13.3. The summed E-state index contributed by atoms with van der Waals surface area (Å²) < 4.78 is 24.9. The lowest BCUT2D eigenvalue weighted by atomic mass is 10.3. The van der Waals surface area contributed by atoms with Crippen LogP contribution < -0.4 is 20.1 Å². The average molecular weight is 356 g/mol. The number of carbonyl (C=O) groups is 1. The highest BCUT2D eigenvalue weighted by Gasteiger charge is 2.15. The molecule has 0 radical (unpaired) electrons. The molecule has 0 spiro atoms. The van der Waals surface area contributed by atoms with Crippen molar-refractivity contribution >= 4 is 11.7 Å². The predicted octanol–water partition coefficient (Wildman–Crippen LogP) is 1.85. The highest BCUT2D eigenvalue weighted by atomic mass is 19.1. The number of anilines is 1. The van der Waals surface area contributed by atoms with E-state index in [0.717, 1.165) is 0 Å². The molecule has 3 aromatic rings. The van der Waals surface area contributed by atoms with Crippen LogP contribution in [0.25, 0.3) is 5.69 Å². The van der Waals surface area contributed by atoms with E-state index in [1.807, 2.05) is 0 Å². The number of aromatic nitrogens is 4. The van der Waals surface area contributed by atoms with Crippen molar-refractivity contribution < 1.29 is 18.7 Å². The van der Waals surface area contributed by atoms with E-state index in [1.165, 1.54) is 16.8 Å². The molecule has 4 rings (SSSR count). The minimum atomic E-state index is -0.433. The second kappa shape index (κ2) is 6.67. The number of amides is 2. The molecule has 0 atom stereocenters. The van der Waals surface area contributed by atoms with Crippen LogP contribution in [0.15, 0.2) is 42.5 Å². The topological polar surface area (TPSA) is 103 Å². The van der Waals surface area contributed by atoms with E-state index in [0.29, 0.717) is 28.7 Å². The summed E-state index contributed by atoms with van der Waals surface area (Å²) in [6.45, 7) is 0.248. The normalized spacial score (nSPS) is 12.0. The molecule has 1 aromatic heterocycles. The van der Waals surface area contributed by atoms with E-state index in [-0.39, 0.29) is 19.2 Å². The third-order valence-corrected chi connectivity index (χ3v) is 3.64. The van der Waals surface area contributed by atoms with Gasteiger partial charge in [-0.15, -0.1) is 5.10 Å². The van der Waals surface area contributed by atoms with Crippen molar-refractivity contribution in [3.05, 3.63) is 54.1 Å². The number of hydrogen-bond acceptors (Lipinski definition) is 6. The van der Waals surface area contributed by atoms with Crippen LogP contribution in [0.1, 0.15) is 5.82 Å². The molecule has 26 heavy (non-hydrogen) atoms. The summed E-state index contributed by atoms with van der Waals surface area (Å²) in [7, 11) is 0. The van der Waals surface area contributed by atoms with Crippen molar-refractivity contribution in [1.82, 2.24) is 25.5 Å². The number of nitrogens with zero attached hydrogens (tertiary/aromatic N) is 4. The largest absolute Gasteiger partial charge is 0.454 e. The second-order valence-electron chi connectivity index (χ2n) is 5.36. The third kappa shape index (κ3) is 3.24. The molecule has 2 N–H and O–H groups in total. The van der Waals surface area contributed by atoms with E-state index in [4.69, 9.17) is 9.47 Å². The van der Waals surface area contributed by atoms with Gasteiger partial charge in [0.15, 0.2) is 17.3 Å². The van der Waals surface area contributed by atoms with E-state index >= 15 is 0 Å². The highest BCUT2D eigenvalue weighted by Crippen LogP contribution is 2.34. The number of halogens is 1. The van der Waals surface area contributed by atoms with E-state index in [2.05, 4.69) is 26.2 Å². The number of fused-ring (bicyclic) bond motifs is 1. The Kier molecular flexibility index (Phi) is 4.06. The van der Waals surface area contributed by atoms with E-state index in [9.17, 15) is 9.18 Å². The van der Waals surface area contributed by atoms with Gasteiger partial charge in [-0.1, -0.05) is 0 Å². The van der Waals surface area contributed by atoms with Crippen LogP contribution in [0.2, 0.25) is 0 Å². The van der Waals surface area contributed by atoms with Crippen molar-refractivity contribution in [1.29, 1.82) is 0 Å². The van der Waals surface area contributed by atoms with Gasteiger partial charge in [-0.05, 0) is 46.8 Å². The Balaban J connectivity index is 1.39. The monoisotopic (exact) mass is 356 g/mol. The van der Waals surface area contributed by atoms with Gasteiger partial charge in [-0.2, -0.15) is 4.68 Å².